The molecule has 11 heteroatoms. The Morgan fingerprint density at radius 3 is 2.76 bits per heavy atom. The maximum absolute atomic E-state index is 13.4. The van der Waals surface area contributed by atoms with Crippen molar-refractivity contribution in [2.24, 2.45) is 4.99 Å². The van der Waals surface area contributed by atoms with E-state index in [0.29, 0.717) is 63.9 Å². The molecular formula is C23H29N5O5S. The molecule has 182 valence electrons. The highest BCUT2D eigenvalue weighted by atomic mass is 32.2. The number of hydrogen-bond donors (Lipinski definition) is 1. The monoisotopic (exact) mass is 487 g/mol. The van der Waals surface area contributed by atoms with Gasteiger partial charge in [0.1, 0.15) is 28.9 Å². The quantitative estimate of drug-likeness (QED) is 0.693. The van der Waals surface area contributed by atoms with Crippen LogP contribution in [0.3, 0.4) is 0 Å². The second kappa shape index (κ2) is 7.96. The van der Waals surface area contributed by atoms with Crippen molar-refractivity contribution in [3.8, 4) is 0 Å². The molecule has 2 aromatic rings. The van der Waals surface area contributed by atoms with E-state index in [9.17, 15) is 8.42 Å². The molecule has 1 unspecified atom stereocenters. The van der Waals surface area contributed by atoms with Crippen LogP contribution in [0.15, 0.2) is 41.1 Å². The van der Waals surface area contributed by atoms with Gasteiger partial charge in [-0.2, -0.15) is 0 Å². The molecule has 0 amide bonds. The van der Waals surface area contributed by atoms with E-state index in [-0.39, 0.29) is 6.04 Å². The summed E-state index contributed by atoms with van der Waals surface area (Å²) in [5.41, 5.74) is 2.25. The molecule has 4 aliphatic heterocycles. The van der Waals surface area contributed by atoms with Crippen LogP contribution >= 0.6 is 0 Å². The predicted molar refractivity (Wildman–Crippen MR) is 126 cm³/mol. The van der Waals surface area contributed by atoms with Crippen molar-refractivity contribution in [3.63, 3.8) is 0 Å². The Kier molecular flexibility index (Phi) is 5.12. The molecule has 2 atom stereocenters. The minimum Gasteiger partial charge on any atom is -0.486 e. The second-order valence-electron chi connectivity index (χ2n) is 9.37. The molecule has 2 saturated heterocycles. The summed E-state index contributed by atoms with van der Waals surface area (Å²) < 4.78 is 43.2. The van der Waals surface area contributed by atoms with Crippen molar-refractivity contribution >= 4 is 26.6 Å². The van der Waals surface area contributed by atoms with E-state index in [1.807, 2.05) is 25.4 Å². The third-order valence-corrected chi connectivity index (χ3v) is 9.53. The second-order valence-corrected chi connectivity index (χ2v) is 11.7. The maximum Gasteiger partial charge on any atom is 0.182 e. The molecule has 0 aromatic carbocycles. The number of morpholine rings is 1. The molecule has 0 spiro atoms. The summed E-state index contributed by atoms with van der Waals surface area (Å²) in [7, 11) is -1.53. The highest BCUT2D eigenvalue weighted by Gasteiger charge is 2.53. The normalized spacial score (nSPS) is 27.2. The summed E-state index contributed by atoms with van der Waals surface area (Å²) in [4.78, 5) is 17.2. The van der Waals surface area contributed by atoms with Gasteiger partial charge < -0.3 is 29.0 Å². The molecule has 0 radical (unpaired) electrons. The number of aliphatic imine (C=N–C) groups is 1. The fraction of sp³-hybridized carbons (Fsp3) is 0.565. The number of aromatic amines is 1. The Balaban J connectivity index is 1.58. The molecule has 0 saturated carbocycles. The van der Waals surface area contributed by atoms with Gasteiger partial charge in [-0.3, -0.25) is 4.99 Å². The van der Waals surface area contributed by atoms with E-state index in [2.05, 4.69) is 19.8 Å². The lowest BCUT2D eigenvalue weighted by Crippen LogP contribution is -2.59. The molecule has 6 heterocycles. The van der Waals surface area contributed by atoms with Gasteiger partial charge in [-0.25, -0.2) is 13.4 Å². The lowest BCUT2D eigenvalue weighted by Gasteiger charge is -2.50. The standard InChI is InChI=1S/C23H29N5O5S/c1-27-21(17-4-8-25-20-16(17)3-7-24-20)26-19(23(34(2,29)30)5-10-31-11-6-23)18-22(27)28-9-12-32-13-15(28)14-33-18/h3-4,7-8,15,21H,5-6,9-14H2,1-2H3,(H,24,25)/t15-,21?/m0/s1. The Labute approximate surface area is 198 Å². The first-order chi connectivity index (χ1) is 16.4. The highest BCUT2D eigenvalue weighted by Crippen LogP contribution is 2.44. The molecule has 2 aromatic heterocycles. The number of aromatic nitrogens is 2. The molecular weight excluding hydrogens is 458 g/mol. The van der Waals surface area contributed by atoms with Gasteiger partial charge in [-0.05, 0) is 25.0 Å². The maximum atomic E-state index is 13.4. The average Bonchev–Trinajstić information content (AvgIpc) is 3.33. The van der Waals surface area contributed by atoms with Gasteiger partial charge >= 0.3 is 0 Å². The first-order valence-corrected chi connectivity index (χ1v) is 13.5. The summed E-state index contributed by atoms with van der Waals surface area (Å²) in [5, 5.41) is 0.960. The third-order valence-electron chi connectivity index (χ3n) is 7.50. The number of nitrogens with one attached hydrogen (secondary N) is 1. The number of sulfone groups is 1. The van der Waals surface area contributed by atoms with Crippen LogP contribution in [0, 0.1) is 0 Å². The zero-order chi connectivity index (χ0) is 23.5. The zero-order valence-electron chi connectivity index (χ0n) is 19.4. The number of fused-ring (bicyclic) bond motifs is 3. The summed E-state index contributed by atoms with van der Waals surface area (Å²) in [6.07, 6.45) is 5.20. The van der Waals surface area contributed by atoms with Crippen molar-refractivity contribution in [1.29, 1.82) is 0 Å². The van der Waals surface area contributed by atoms with E-state index in [1.54, 1.807) is 6.20 Å². The first-order valence-electron chi connectivity index (χ1n) is 11.6. The largest absolute Gasteiger partial charge is 0.486 e. The average molecular weight is 488 g/mol. The summed E-state index contributed by atoms with van der Waals surface area (Å²) >= 11 is 0. The van der Waals surface area contributed by atoms with Crippen molar-refractivity contribution in [3.05, 3.63) is 41.7 Å². The Hall–Kier alpha value is -2.63. The lowest BCUT2D eigenvalue weighted by atomic mass is 9.89. The topological polar surface area (TPSA) is 109 Å². The molecule has 10 nitrogen and oxygen atoms in total. The van der Waals surface area contributed by atoms with Crippen molar-refractivity contribution < 1.29 is 22.6 Å². The number of nitrogens with zero attached hydrogens (tertiary/aromatic N) is 4. The van der Waals surface area contributed by atoms with Gasteiger partial charge in [-0.15, -0.1) is 0 Å². The molecule has 1 N–H and O–H groups in total. The minimum atomic E-state index is -3.53. The van der Waals surface area contributed by atoms with Gasteiger partial charge in [0.05, 0.1) is 19.3 Å². The van der Waals surface area contributed by atoms with E-state index in [0.717, 1.165) is 22.4 Å². The molecule has 0 bridgehead atoms. The molecule has 4 aliphatic rings. The van der Waals surface area contributed by atoms with E-state index < -0.39 is 20.8 Å². The Morgan fingerprint density at radius 1 is 1.15 bits per heavy atom. The summed E-state index contributed by atoms with van der Waals surface area (Å²) in [5.74, 6) is 1.45. The van der Waals surface area contributed by atoms with Crippen LogP contribution in [0.25, 0.3) is 11.0 Å². The SMILES string of the molecule is CN1C2=C(OC[C@@H]3COCCN23)C(C2(S(C)(=O)=O)CCOCC2)=NC1c1ccnc2[nH]ccc12. The third kappa shape index (κ3) is 3.17. The fourth-order valence-corrected chi connectivity index (χ4v) is 7.07. The number of ether oxygens (including phenoxy) is 3. The Bertz CT molecular complexity index is 1280. The van der Waals surface area contributed by atoms with E-state index in [1.165, 1.54) is 6.26 Å². The zero-order valence-corrected chi connectivity index (χ0v) is 20.2. The van der Waals surface area contributed by atoms with Crippen LogP contribution < -0.4 is 0 Å². The van der Waals surface area contributed by atoms with Gasteiger partial charge in [0.2, 0.25) is 0 Å². The van der Waals surface area contributed by atoms with Gasteiger partial charge in [0, 0.05) is 56.4 Å². The van der Waals surface area contributed by atoms with E-state index in [4.69, 9.17) is 19.2 Å². The van der Waals surface area contributed by atoms with Crippen LogP contribution in [-0.2, 0) is 24.0 Å². The number of hydrogen-bond acceptors (Lipinski definition) is 9. The van der Waals surface area contributed by atoms with Gasteiger partial charge in [-0.1, -0.05) is 0 Å². The molecule has 34 heavy (non-hydrogen) atoms. The van der Waals surface area contributed by atoms with Crippen molar-refractivity contribution in [2.45, 2.75) is 29.8 Å². The van der Waals surface area contributed by atoms with E-state index >= 15 is 0 Å². The summed E-state index contributed by atoms with van der Waals surface area (Å²) in [6, 6.07) is 4.02. The molecule has 6 rings (SSSR count). The highest BCUT2D eigenvalue weighted by molar-refractivity contribution is 7.93. The fourth-order valence-electron chi connectivity index (χ4n) is 5.66. The van der Waals surface area contributed by atoms with Gasteiger partial charge in [0.25, 0.3) is 0 Å². The number of rotatable bonds is 3. The molecule has 0 aliphatic carbocycles. The minimum absolute atomic E-state index is 0.0727. The smallest absolute Gasteiger partial charge is 0.182 e. The van der Waals surface area contributed by atoms with Crippen molar-refractivity contribution in [2.75, 3.05) is 52.9 Å². The lowest BCUT2D eigenvalue weighted by molar-refractivity contribution is -0.0543. The molecule has 2 fully saturated rings. The van der Waals surface area contributed by atoms with Crippen LogP contribution in [0.2, 0.25) is 0 Å². The van der Waals surface area contributed by atoms with Gasteiger partial charge in [0.15, 0.2) is 21.4 Å². The Morgan fingerprint density at radius 2 is 1.97 bits per heavy atom. The van der Waals surface area contributed by atoms with Crippen LogP contribution in [0.5, 0.6) is 0 Å². The summed E-state index contributed by atoms with van der Waals surface area (Å²) in [6.45, 7) is 3.07. The van der Waals surface area contributed by atoms with Crippen LogP contribution in [-0.4, -0.2) is 97.6 Å². The van der Waals surface area contributed by atoms with Crippen LogP contribution in [0.4, 0.5) is 0 Å². The first kappa shape index (κ1) is 21.9. The number of H-pyrrole nitrogens is 1. The van der Waals surface area contributed by atoms with Crippen LogP contribution in [0.1, 0.15) is 24.6 Å². The number of allylic oxidation sites excluding steroid dienone is 1. The van der Waals surface area contributed by atoms with Crippen molar-refractivity contribution in [1.82, 2.24) is 19.8 Å². The number of pyridine rings is 1. The predicted octanol–water partition coefficient (Wildman–Crippen LogP) is 1.44.